The number of phenolic OH excluding ortho intramolecular Hbond substituents is 1. The third kappa shape index (κ3) is 5.43. The predicted molar refractivity (Wildman–Crippen MR) is 175 cm³/mol. The number of aromatic hydroxyl groups is 1. The predicted octanol–water partition coefficient (Wildman–Crippen LogP) is 10.5. The minimum atomic E-state index is -0.395. The number of benzene rings is 5. The second kappa shape index (κ2) is 10.5. The van der Waals surface area contributed by atoms with Crippen molar-refractivity contribution >= 4 is 33.8 Å². The Balaban J connectivity index is 1.47. The van der Waals surface area contributed by atoms with Gasteiger partial charge in [-0.2, -0.15) is 0 Å². The Bertz CT molecular complexity index is 2020. The number of hydrogen-bond acceptors (Lipinski definition) is 4. The Morgan fingerprint density at radius 2 is 1.47 bits per heavy atom. The van der Waals surface area contributed by atoms with E-state index in [-0.39, 0.29) is 16.6 Å². The molecule has 0 aliphatic heterocycles. The monoisotopic (exact) mass is 570 g/mol. The molecule has 0 saturated heterocycles. The highest BCUT2D eigenvalue weighted by molar-refractivity contribution is 6.03. The van der Waals surface area contributed by atoms with E-state index in [4.69, 9.17) is 14.4 Å². The van der Waals surface area contributed by atoms with Gasteiger partial charge in [0.1, 0.15) is 17.1 Å². The molecule has 43 heavy (non-hydrogen) atoms. The molecule has 1 heterocycles. The standard InChI is InChI=1S/C38H35FN2O2/c1-37(2,3)25-18-24(35(42)31(19-25)38(4,5)6)22-40-32-17-10-9-15-29(32)36-41-34-30(20-26(39)21-33(34)43-36)28-16-11-13-23-12-7-8-14-27(23)28/h7-22,42H,1-6H3. The Hall–Kier alpha value is -4.77. The SMILES string of the molecule is CC(C)(C)c1cc(C=Nc2ccccc2-c2nc3c(-c4cccc5ccccc45)cc(F)cc3o2)c(O)c(C(C)(C)C)c1. The summed E-state index contributed by atoms with van der Waals surface area (Å²) in [6.45, 7) is 12.7. The molecule has 0 radical (unpaired) electrons. The summed E-state index contributed by atoms with van der Waals surface area (Å²) in [5.41, 5.74) is 6.07. The summed E-state index contributed by atoms with van der Waals surface area (Å²) in [7, 11) is 0. The van der Waals surface area contributed by atoms with Gasteiger partial charge in [0.2, 0.25) is 5.89 Å². The van der Waals surface area contributed by atoms with E-state index in [2.05, 4.69) is 47.6 Å². The maximum Gasteiger partial charge on any atom is 0.229 e. The fourth-order valence-electron chi connectivity index (χ4n) is 5.44. The fourth-order valence-corrected chi connectivity index (χ4v) is 5.44. The van der Waals surface area contributed by atoms with E-state index in [9.17, 15) is 9.50 Å². The van der Waals surface area contributed by atoms with E-state index in [1.165, 1.54) is 12.1 Å². The van der Waals surface area contributed by atoms with Gasteiger partial charge in [0, 0.05) is 29.0 Å². The molecule has 0 saturated carbocycles. The molecular formula is C38H35FN2O2. The Kier molecular flexibility index (Phi) is 6.92. The lowest BCUT2D eigenvalue weighted by Crippen LogP contribution is -2.17. The van der Waals surface area contributed by atoms with E-state index >= 15 is 0 Å². The Labute approximate surface area is 251 Å². The number of rotatable bonds is 4. The van der Waals surface area contributed by atoms with E-state index in [1.54, 1.807) is 6.21 Å². The highest BCUT2D eigenvalue weighted by atomic mass is 19.1. The summed E-state index contributed by atoms with van der Waals surface area (Å²) in [5, 5.41) is 13.3. The largest absolute Gasteiger partial charge is 0.507 e. The number of aliphatic imine (C=N–C) groups is 1. The van der Waals surface area contributed by atoms with Crippen LogP contribution < -0.4 is 0 Å². The number of para-hydroxylation sites is 1. The van der Waals surface area contributed by atoms with E-state index < -0.39 is 5.82 Å². The highest BCUT2D eigenvalue weighted by Crippen LogP contribution is 2.40. The van der Waals surface area contributed by atoms with Crippen LogP contribution in [0, 0.1) is 5.82 Å². The van der Waals surface area contributed by atoms with Crippen molar-refractivity contribution in [2.75, 3.05) is 0 Å². The first-order valence-corrected chi connectivity index (χ1v) is 14.5. The van der Waals surface area contributed by atoms with Crippen molar-refractivity contribution in [3.05, 3.63) is 114 Å². The number of hydrogen-bond donors (Lipinski definition) is 1. The molecule has 0 atom stereocenters. The number of oxazole rings is 1. The molecule has 0 unspecified atom stereocenters. The maximum atomic E-state index is 14.9. The Morgan fingerprint density at radius 3 is 2.23 bits per heavy atom. The van der Waals surface area contributed by atoms with Gasteiger partial charge in [-0.15, -0.1) is 0 Å². The first-order chi connectivity index (χ1) is 20.4. The first-order valence-electron chi connectivity index (χ1n) is 14.5. The molecule has 0 bridgehead atoms. The lowest BCUT2D eigenvalue weighted by molar-refractivity contribution is 0.444. The van der Waals surface area contributed by atoms with Gasteiger partial charge in [-0.3, -0.25) is 4.99 Å². The molecule has 0 fully saturated rings. The molecule has 1 aromatic heterocycles. The van der Waals surface area contributed by atoms with Gasteiger partial charge >= 0.3 is 0 Å². The van der Waals surface area contributed by atoms with Crippen molar-refractivity contribution in [1.29, 1.82) is 0 Å². The summed E-state index contributed by atoms with van der Waals surface area (Å²) in [4.78, 5) is 9.69. The number of phenols is 1. The fraction of sp³-hybridized carbons (Fsp3) is 0.211. The minimum absolute atomic E-state index is 0.108. The van der Waals surface area contributed by atoms with Crippen LogP contribution in [0.25, 0.3) is 44.5 Å². The molecular weight excluding hydrogens is 535 g/mol. The molecule has 0 aliphatic rings. The molecule has 6 rings (SSSR count). The van der Waals surface area contributed by atoms with E-state index in [0.29, 0.717) is 39.4 Å². The Morgan fingerprint density at radius 1 is 0.767 bits per heavy atom. The molecule has 4 nitrogen and oxygen atoms in total. The molecule has 0 amide bonds. The molecule has 1 N–H and O–H groups in total. The summed E-state index contributed by atoms with van der Waals surface area (Å²) in [6.07, 6.45) is 1.70. The summed E-state index contributed by atoms with van der Waals surface area (Å²) < 4.78 is 21.1. The quantitative estimate of drug-likeness (QED) is 0.215. The van der Waals surface area contributed by atoms with Crippen molar-refractivity contribution in [2.24, 2.45) is 4.99 Å². The second-order valence-electron chi connectivity index (χ2n) is 13.1. The van der Waals surface area contributed by atoms with Gasteiger partial charge in [0.25, 0.3) is 0 Å². The lowest BCUT2D eigenvalue weighted by atomic mass is 9.79. The number of nitrogens with zero attached hydrogens (tertiary/aromatic N) is 2. The van der Waals surface area contributed by atoms with Gasteiger partial charge in [0.15, 0.2) is 5.58 Å². The zero-order chi connectivity index (χ0) is 30.5. The number of aromatic nitrogens is 1. The van der Waals surface area contributed by atoms with Gasteiger partial charge in [-0.1, -0.05) is 102 Å². The molecule has 5 aromatic carbocycles. The molecule has 0 spiro atoms. The van der Waals surface area contributed by atoms with E-state index in [0.717, 1.165) is 27.5 Å². The van der Waals surface area contributed by atoms with Gasteiger partial charge in [-0.25, -0.2) is 9.37 Å². The average Bonchev–Trinajstić information content (AvgIpc) is 3.38. The normalized spacial score (nSPS) is 12.5. The van der Waals surface area contributed by atoms with Crippen molar-refractivity contribution in [2.45, 2.75) is 52.4 Å². The van der Waals surface area contributed by atoms with Gasteiger partial charge in [-0.05, 0) is 57.0 Å². The molecule has 5 heteroatoms. The molecule has 6 aromatic rings. The van der Waals surface area contributed by atoms with Crippen LogP contribution in [0.1, 0.15) is 58.2 Å². The van der Waals surface area contributed by atoms with Crippen LogP contribution >= 0.6 is 0 Å². The van der Waals surface area contributed by atoms with Crippen molar-refractivity contribution in [3.8, 4) is 28.3 Å². The topological polar surface area (TPSA) is 58.6 Å². The van der Waals surface area contributed by atoms with Crippen molar-refractivity contribution in [3.63, 3.8) is 0 Å². The molecule has 216 valence electrons. The maximum absolute atomic E-state index is 14.9. The van der Waals surface area contributed by atoms with Crippen molar-refractivity contribution in [1.82, 2.24) is 4.98 Å². The van der Waals surface area contributed by atoms with Crippen LogP contribution in [0.2, 0.25) is 0 Å². The van der Waals surface area contributed by atoms with Crippen LogP contribution in [-0.2, 0) is 10.8 Å². The number of fused-ring (bicyclic) bond motifs is 2. The third-order valence-corrected chi connectivity index (χ3v) is 7.83. The smallest absolute Gasteiger partial charge is 0.229 e. The van der Waals surface area contributed by atoms with Crippen LogP contribution in [0.15, 0.2) is 100 Å². The van der Waals surface area contributed by atoms with Gasteiger partial charge in [0.05, 0.1) is 11.3 Å². The summed E-state index contributed by atoms with van der Waals surface area (Å²) >= 11 is 0. The zero-order valence-electron chi connectivity index (χ0n) is 25.4. The highest BCUT2D eigenvalue weighted by Gasteiger charge is 2.25. The van der Waals surface area contributed by atoms with Crippen LogP contribution in [0.4, 0.5) is 10.1 Å². The lowest BCUT2D eigenvalue weighted by Gasteiger charge is -2.27. The minimum Gasteiger partial charge on any atom is -0.507 e. The van der Waals surface area contributed by atoms with Gasteiger partial charge < -0.3 is 9.52 Å². The summed E-state index contributed by atoms with van der Waals surface area (Å²) in [5.74, 6) is 0.171. The summed E-state index contributed by atoms with van der Waals surface area (Å²) in [6, 6.07) is 28.5. The molecule has 0 aliphatic carbocycles. The van der Waals surface area contributed by atoms with Crippen LogP contribution in [0.3, 0.4) is 0 Å². The zero-order valence-corrected chi connectivity index (χ0v) is 25.4. The van der Waals surface area contributed by atoms with Crippen LogP contribution in [-0.4, -0.2) is 16.3 Å². The number of halogens is 1. The average molecular weight is 571 g/mol. The first kappa shape index (κ1) is 28.4. The van der Waals surface area contributed by atoms with E-state index in [1.807, 2.05) is 72.8 Å². The van der Waals surface area contributed by atoms with Crippen LogP contribution in [0.5, 0.6) is 5.75 Å². The van der Waals surface area contributed by atoms with Crippen molar-refractivity contribution < 1.29 is 13.9 Å². The second-order valence-corrected chi connectivity index (χ2v) is 13.1. The third-order valence-electron chi connectivity index (χ3n) is 7.83.